The van der Waals surface area contributed by atoms with Gasteiger partial charge in [0.25, 0.3) is 5.91 Å². The van der Waals surface area contributed by atoms with Crippen LogP contribution in [0, 0.1) is 11.8 Å². The Morgan fingerprint density at radius 1 is 1.24 bits per heavy atom. The van der Waals surface area contributed by atoms with E-state index < -0.39 is 18.2 Å². The molecule has 25 heavy (non-hydrogen) atoms. The van der Waals surface area contributed by atoms with Gasteiger partial charge in [0.15, 0.2) is 12.2 Å². The van der Waals surface area contributed by atoms with Crippen molar-refractivity contribution in [2.75, 3.05) is 13.7 Å². The van der Waals surface area contributed by atoms with Crippen molar-refractivity contribution in [1.82, 2.24) is 4.90 Å². The minimum absolute atomic E-state index is 0.0202. The van der Waals surface area contributed by atoms with Gasteiger partial charge in [-0.1, -0.05) is 36.8 Å². The lowest BCUT2D eigenvalue weighted by Crippen LogP contribution is -2.48. The lowest BCUT2D eigenvalue weighted by molar-refractivity contribution is -0.168. The molecule has 0 bridgehead atoms. The van der Waals surface area contributed by atoms with Gasteiger partial charge < -0.3 is 14.4 Å². The molecule has 134 valence electrons. The van der Waals surface area contributed by atoms with Crippen LogP contribution in [-0.2, 0) is 19.1 Å². The molecule has 1 aliphatic carbocycles. The average Bonchev–Trinajstić information content (AvgIpc) is 3.07. The summed E-state index contributed by atoms with van der Waals surface area (Å²) in [7, 11) is 1.49. The molecule has 0 aromatic heterocycles. The summed E-state index contributed by atoms with van der Waals surface area (Å²) in [4.78, 5) is 27.6. The predicted molar refractivity (Wildman–Crippen MR) is 91.6 cm³/mol. The van der Waals surface area contributed by atoms with Gasteiger partial charge in [0.2, 0.25) is 0 Å². The highest BCUT2D eigenvalue weighted by Gasteiger charge is 2.64. The summed E-state index contributed by atoms with van der Waals surface area (Å²) in [5, 5.41) is 0. The van der Waals surface area contributed by atoms with Gasteiger partial charge in [0.05, 0.1) is 0 Å². The van der Waals surface area contributed by atoms with Crippen LogP contribution in [0.5, 0.6) is 0 Å². The highest BCUT2D eigenvalue weighted by molar-refractivity contribution is 5.89. The molecule has 3 fully saturated rings. The molecular weight excluding hydrogens is 318 g/mol. The molecule has 4 rings (SSSR count). The van der Waals surface area contributed by atoms with Gasteiger partial charge in [-0.05, 0) is 37.7 Å². The van der Waals surface area contributed by atoms with Gasteiger partial charge >= 0.3 is 5.97 Å². The van der Waals surface area contributed by atoms with Crippen LogP contribution in [0.2, 0.25) is 0 Å². The lowest BCUT2D eigenvalue weighted by Gasteiger charge is -2.42. The van der Waals surface area contributed by atoms with Crippen molar-refractivity contribution in [3.63, 3.8) is 0 Å². The maximum Gasteiger partial charge on any atom is 0.340 e. The van der Waals surface area contributed by atoms with E-state index in [1.165, 1.54) is 13.5 Å². The Morgan fingerprint density at radius 3 is 2.72 bits per heavy atom. The molecular formula is C20H25NO4. The Hall–Kier alpha value is -1.88. The Morgan fingerprint density at radius 2 is 2.00 bits per heavy atom. The molecule has 5 nitrogen and oxygen atoms in total. The Bertz CT molecular complexity index is 676. The molecule has 0 spiro atoms. The van der Waals surface area contributed by atoms with E-state index in [4.69, 9.17) is 9.47 Å². The lowest BCUT2D eigenvalue weighted by atomic mass is 9.68. The van der Waals surface area contributed by atoms with E-state index in [1.807, 2.05) is 35.2 Å². The summed E-state index contributed by atoms with van der Waals surface area (Å²) in [5.74, 6) is 0.136. The zero-order valence-electron chi connectivity index (χ0n) is 14.8. The first-order chi connectivity index (χ1) is 12.1. The number of carbonyl (C=O) groups excluding carboxylic acids is 2. The molecule has 1 amide bonds. The van der Waals surface area contributed by atoms with Crippen molar-refractivity contribution >= 4 is 11.9 Å². The molecule has 0 radical (unpaired) electrons. The second-order valence-electron chi connectivity index (χ2n) is 7.62. The quantitative estimate of drug-likeness (QED) is 0.789. The first-order valence-corrected chi connectivity index (χ1v) is 9.17. The van der Waals surface area contributed by atoms with Gasteiger partial charge in [-0.3, -0.25) is 4.79 Å². The number of methoxy groups -OCH3 is 1. The number of carbonyl (C=O) groups is 2. The maximum absolute atomic E-state index is 12.9. The SMILES string of the molecule is CO[C@H](C(=O)O[C@H]1C(=O)N2CC[C@H]3CCC[C@H]1[C@]32C)c1ccccc1. The molecule has 1 aromatic carbocycles. The van der Waals surface area contributed by atoms with E-state index in [0.717, 1.165) is 31.4 Å². The number of ether oxygens (including phenoxy) is 2. The normalized spacial score (nSPS) is 34.7. The molecule has 1 saturated carbocycles. The zero-order chi connectivity index (χ0) is 17.6. The summed E-state index contributed by atoms with van der Waals surface area (Å²) in [6.45, 7) is 2.97. The Balaban J connectivity index is 1.56. The van der Waals surface area contributed by atoms with E-state index in [2.05, 4.69) is 6.92 Å². The van der Waals surface area contributed by atoms with E-state index in [0.29, 0.717) is 5.92 Å². The molecule has 0 N–H and O–H groups in total. The Labute approximate surface area is 148 Å². The summed E-state index contributed by atoms with van der Waals surface area (Å²) < 4.78 is 11.1. The molecule has 0 unspecified atom stereocenters. The van der Waals surface area contributed by atoms with E-state index >= 15 is 0 Å². The highest BCUT2D eigenvalue weighted by atomic mass is 16.6. The molecule has 2 aliphatic heterocycles. The third-order valence-corrected chi connectivity index (χ3v) is 6.60. The van der Waals surface area contributed by atoms with Gasteiger partial charge in [-0.25, -0.2) is 4.79 Å². The zero-order valence-corrected chi connectivity index (χ0v) is 14.8. The van der Waals surface area contributed by atoms with Crippen molar-refractivity contribution in [3.8, 4) is 0 Å². The highest BCUT2D eigenvalue weighted by Crippen LogP contribution is 2.54. The second-order valence-corrected chi connectivity index (χ2v) is 7.62. The fraction of sp³-hybridized carbons (Fsp3) is 0.600. The van der Waals surface area contributed by atoms with Crippen molar-refractivity contribution in [1.29, 1.82) is 0 Å². The molecule has 2 heterocycles. The largest absolute Gasteiger partial charge is 0.450 e. The van der Waals surface area contributed by atoms with E-state index in [9.17, 15) is 9.59 Å². The van der Waals surface area contributed by atoms with Crippen molar-refractivity contribution in [2.45, 2.75) is 50.4 Å². The molecule has 2 saturated heterocycles. The van der Waals surface area contributed by atoms with Gasteiger partial charge in [0, 0.05) is 25.1 Å². The summed E-state index contributed by atoms with van der Waals surface area (Å²) in [5.41, 5.74) is 0.601. The van der Waals surface area contributed by atoms with Gasteiger partial charge in [0.1, 0.15) is 0 Å². The van der Waals surface area contributed by atoms with E-state index in [1.54, 1.807) is 0 Å². The minimum atomic E-state index is -0.795. The van der Waals surface area contributed by atoms with Crippen molar-refractivity contribution in [2.24, 2.45) is 11.8 Å². The van der Waals surface area contributed by atoms with Crippen LogP contribution in [0.4, 0.5) is 0 Å². The predicted octanol–water partition coefficient (Wildman–Crippen LogP) is 2.71. The number of hydrogen-bond donors (Lipinski definition) is 0. The van der Waals surface area contributed by atoms with E-state index in [-0.39, 0.29) is 17.4 Å². The van der Waals surface area contributed by atoms with Crippen LogP contribution in [0.3, 0.4) is 0 Å². The topological polar surface area (TPSA) is 55.8 Å². The minimum Gasteiger partial charge on any atom is -0.450 e. The van der Waals surface area contributed by atoms with Crippen LogP contribution in [0.25, 0.3) is 0 Å². The summed E-state index contributed by atoms with van der Waals surface area (Å²) in [6, 6.07) is 9.28. The van der Waals surface area contributed by atoms with Gasteiger partial charge in [-0.2, -0.15) is 0 Å². The standard InChI is InChI=1S/C20H25NO4/c1-20-14-9-6-10-15(20)17(18(22)21(20)12-11-14)25-19(23)16(24-2)13-7-4-3-5-8-13/h3-5,7-8,14-17H,6,9-12H2,1-2H3/t14-,15-,16+,17-,20+/m1/s1. The van der Waals surface area contributed by atoms with Gasteiger partial charge in [-0.15, -0.1) is 0 Å². The third-order valence-electron chi connectivity index (χ3n) is 6.60. The van der Waals surface area contributed by atoms with Crippen LogP contribution >= 0.6 is 0 Å². The number of amides is 1. The monoisotopic (exact) mass is 343 g/mol. The van der Waals surface area contributed by atoms with Crippen molar-refractivity contribution in [3.05, 3.63) is 35.9 Å². The molecule has 3 aliphatic rings. The smallest absolute Gasteiger partial charge is 0.340 e. The third kappa shape index (κ3) is 2.40. The summed E-state index contributed by atoms with van der Waals surface area (Å²) >= 11 is 0. The second kappa shape index (κ2) is 6.13. The average molecular weight is 343 g/mol. The number of benzene rings is 1. The first-order valence-electron chi connectivity index (χ1n) is 9.17. The van der Waals surface area contributed by atoms with Crippen LogP contribution < -0.4 is 0 Å². The number of esters is 1. The number of hydrogen-bond acceptors (Lipinski definition) is 4. The van der Waals surface area contributed by atoms with Crippen molar-refractivity contribution < 1.29 is 19.1 Å². The van der Waals surface area contributed by atoms with Crippen LogP contribution in [-0.4, -0.2) is 42.1 Å². The fourth-order valence-corrected chi connectivity index (χ4v) is 5.30. The maximum atomic E-state index is 12.9. The molecule has 1 aromatic rings. The first kappa shape index (κ1) is 16.6. The van der Waals surface area contributed by atoms with Crippen LogP contribution in [0.1, 0.15) is 44.3 Å². The molecule has 5 heteroatoms. The van der Waals surface area contributed by atoms with Crippen LogP contribution in [0.15, 0.2) is 30.3 Å². The fourth-order valence-electron chi connectivity index (χ4n) is 5.30. The number of rotatable bonds is 4. The molecule has 5 atom stereocenters. The summed E-state index contributed by atoms with van der Waals surface area (Å²) in [6.07, 6.45) is 2.83. The Kier molecular flexibility index (Phi) is 4.07. The number of nitrogens with zero attached hydrogens (tertiary/aromatic N) is 1.